The van der Waals surface area contributed by atoms with E-state index in [4.69, 9.17) is 39.5 Å². The number of halogens is 3. The number of benzene rings is 1. The van der Waals surface area contributed by atoms with Crippen molar-refractivity contribution in [1.29, 1.82) is 0 Å². The van der Waals surface area contributed by atoms with Crippen LogP contribution in [0.3, 0.4) is 0 Å². The third-order valence-electron chi connectivity index (χ3n) is 2.55. The van der Waals surface area contributed by atoms with Gasteiger partial charge in [-0.05, 0) is 37.3 Å². The van der Waals surface area contributed by atoms with E-state index in [-0.39, 0.29) is 5.91 Å². The SMILES string of the molecule is C[C@H](Oc1ccc(Cl)cc1Cl)C(=O)Nc1ccc(Cl)cn1. The number of hydrogen-bond donors (Lipinski definition) is 1. The molecule has 1 atom stereocenters. The fourth-order valence-electron chi connectivity index (χ4n) is 1.49. The van der Waals surface area contributed by atoms with Crippen LogP contribution in [0.5, 0.6) is 5.75 Å². The Morgan fingerprint density at radius 1 is 1.19 bits per heavy atom. The van der Waals surface area contributed by atoms with Gasteiger partial charge in [0.2, 0.25) is 0 Å². The monoisotopic (exact) mass is 344 g/mol. The molecule has 1 aromatic heterocycles. The number of ether oxygens (including phenoxy) is 1. The lowest BCUT2D eigenvalue weighted by Gasteiger charge is -2.15. The number of nitrogens with zero attached hydrogens (tertiary/aromatic N) is 1. The van der Waals surface area contributed by atoms with Crippen LogP contribution < -0.4 is 10.1 Å². The Morgan fingerprint density at radius 2 is 1.90 bits per heavy atom. The number of pyridine rings is 1. The van der Waals surface area contributed by atoms with Gasteiger partial charge >= 0.3 is 0 Å². The van der Waals surface area contributed by atoms with Gasteiger partial charge in [0.05, 0.1) is 10.0 Å². The van der Waals surface area contributed by atoms with Gasteiger partial charge in [0.1, 0.15) is 11.6 Å². The van der Waals surface area contributed by atoms with E-state index in [9.17, 15) is 4.79 Å². The second kappa shape index (κ2) is 6.98. The molecule has 1 aromatic carbocycles. The summed E-state index contributed by atoms with van der Waals surface area (Å²) in [7, 11) is 0. The van der Waals surface area contributed by atoms with Crippen LogP contribution in [0.4, 0.5) is 5.82 Å². The average molecular weight is 346 g/mol. The summed E-state index contributed by atoms with van der Waals surface area (Å²) in [5.74, 6) is 0.422. The van der Waals surface area contributed by atoms with Crippen molar-refractivity contribution in [2.24, 2.45) is 0 Å². The van der Waals surface area contributed by atoms with Crippen LogP contribution in [0.15, 0.2) is 36.5 Å². The molecule has 0 bridgehead atoms. The molecule has 0 fully saturated rings. The largest absolute Gasteiger partial charge is 0.479 e. The number of carbonyl (C=O) groups is 1. The van der Waals surface area contributed by atoms with Gasteiger partial charge in [-0.25, -0.2) is 4.98 Å². The number of rotatable bonds is 4. The quantitative estimate of drug-likeness (QED) is 0.890. The predicted molar refractivity (Wildman–Crippen MR) is 84.4 cm³/mol. The average Bonchev–Trinajstić information content (AvgIpc) is 2.44. The molecule has 0 spiro atoms. The van der Waals surface area contributed by atoms with Crippen LogP contribution in [0.25, 0.3) is 0 Å². The molecule has 21 heavy (non-hydrogen) atoms. The third-order valence-corrected chi connectivity index (χ3v) is 3.30. The molecule has 1 heterocycles. The lowest BCUT2D eigenvalue weighted by atomic mass is 10.3. The summed E-state index contributed by atoms with van der Waals surface area (Å²) in [6.45, 7) is 1.61. The van der Waals surface area contributed by atoms with E-state index in [0.717, 1.165) is 0 Å². The Morgan fingerprint density at radius 3 is 2.52 bits per heavy atom. The standard InChI is InChI=1S/C14H11Cl3N2O2/c1-8(21-12-4-2-9(15)6-11(12)17)14(20)19-13-5-3-10(16)7-18-13/h2-8H,1H3,(H,18,19,20)/t8-/m0/s1. The van der Waals surface area contributed by atoms with Crippen LogP contribution in [0.2, 0.25) is 15.1 Å². The van der Waals surface area contributed by atoms with Crippen molar-refractivity contribution >= 4 is 46.5 Å². The molecule has 0 aliphatic heterocycles. The fourth-order valence-corrected chi connectivity index (χ4v) is 2.06. The molecule has 2 rings (SSSR count). The Balaban J connectivity index is 2.00. The molecule has 110 valence electrons. The van der Waals surface area contributed by atoms with Crippen LogP contribution in [-0.4, -0.2) is 17.0 Å². The summed E-state index contributed by atoms with van der Waals surface area (Å²) in [4.78, 5) is 16.0. The number of anilines is 1. The summed E-state index contributed by atoms with van der Waals surface area (Å²) in [5, 5.41) is 3.94. The minimum absolute atomic E-state index is 0.340. The first-order valence-electron chi connectivity index (χ1n) is 6.00. The van der Waals surface area contributed by atoms with E-state index >= 15 is 0 Å². The number of carbonyl (C=O) groups excluding carboxylic acids is 1. The first-order chi connectivity index (χ1) is 9.95. The number of hydrogen-bond acceptors (Lipinski definition) is 3. The molecular weight excluding hydrogens is 335 g/mol. The molecule has 0 saturated heterocycles. The van der Waals surface area contributed by atoms with E-state index in [0.29, 0.717) is 26.6 Å². The highest BCUT2D eigenvalue weighted by Gasteiger charge is 2.16. The van der Waals surface area contributed by atoms with Gasteiger partial charge in [0, 0.05) is 11.2 Å². The normalized spacial score (nSPS) is 11.8. The highest BCUT2D eigenvalue weighted by Crippen LogP contribution is 2.28. The highest BCUT2D eigenvalue weighted by atomic mass is 35.5. The zero-order chi connectivity index (χ0) is 15.4. The molecule has 0 saturated carbocycles. The lowest BCUT2D eigenvalue weighted by Crippen LogP contribution is -2.30. The first kappa shape index (κ1) is 15.9. The zero-order valence-corrected chi connectivity index (χ0v) is 13.2. The van der Waals surface area contributed by atoms with Crippen molar-refractivity contribution in [3.63, 3.8) is 0 Å². The molecule has 7 heteroatoms. The van der Waals surface area contributed by atoms with Crippen molar-refractivity contribution < 1.29 is 9.53 Å². The van der Waals surface area contributed by atoms with Gasteiger partial charge in [-0.15, -0.1) is 0 Å². The van der Waals surface area contributed by atoms with Gasteiger partial charge in [-0.2, -0.15) is 0 Å². The molecule has 1 N–H and O–H groups in total. The molecule has 0 aliphatic rings. The second-order valence-electron chi connectivity index (χ2n) is 4.19. The molecule has 0 aliphatic carbocycles. The highest BCUT2D eigenvalue weighted by molar-refractivity contribution is 6.35. The molecule has 0 radical (unpaired) electrons. The summed E-state index contributed by atoms with van der Waals surface area (Å²) < 4.78 is 5.50. The van der Waals surface area contributed by atoms with E-state index in [2.05, 4.69) is 10.3 Å². The molecule has 0 unspecified atom stereocenters. The van der Waals surface area contributed by atoms with Crippen molar-refractivity contribution in [2.45, 2.75) is 13.0 Å². The van der Waals surface area contributed by atoms with E-state index in [1.54, 1.807) is 37.3 Å². The van der Waals surface area contributed by atoms with Gasteiger partial charge in [-0.3, -0.25) is 4.79 Å². The van der Waals surface area contributed by atoms with Crippen molar-refractivity contribution in [2.75, 3.05) is 5.32 Å². The van der Waals surface area contributed by atoms with Gasteiger partial charge < -0.3 is 10.1 Å². The minimum atomic E-state index is -0.749. The van der Waals surface area contributed by atoms with Crippen LogP contribution in [0, 0.1) is 0 Å². The summed E-state index contributed by atoms with van der Waals surface area (Å²) in [5.41, 5.74) is 0. The Kier molecular flexibility index (Phi) is 5.28. The Labute approximate surface area is 137 Å². The maximum Gasteiger partial charge on any atom is 0.266 e. The molecule has 2 aromatic rings. The summed E-state index contributed by atoms with van der Waals surface area (Å²) in [6.07, 6.45) is 0.694. The topological polar surface area (TPSA) is 51.2 Å². The van der Waals surface area contributed by atoms with E-state index in [1.165, 1.54) is 6.20 Å². The van der Waals surface area contributed by atoms with Gasteiger partial charge in [-0.1, -0.05) is 34.8 Å². The zero-order valence-electron chi connectivity index (χ0n) is 10.9. The smallest absolute Gasteiger partial charge is 0.266 e. The van der Waals surface area contributed by atoms with Gasteiger partial charge in [0.25, 0.3) is 5.91 Å². The van der Waals surface area contributed by atoms with Crippen LogP contribution in [-0.2, 0) is 4.79 Å². The molecule has 1 amide bonds. The van der Waals surface area contributed by atoms with Gasteiger partial charge in [0.15, 0.2) is 6.10 Å². The van der Waals surface area contributed by atoms with E-state index in [1.807, 2.05) is 0 Å². The Hall–Kier alpha value is -1.49. The number of amides is 1. The van der Waals surface area contributed by atoms with Crippen LogP contribution >= 0.6 is 34.8 Å². The van der Waals surface area contributed by atoms with Crippen molar-refractivity contribution in [3.8, 4) is 5.75 Å². The summed E-state index contributed by atoms with van der Waals surface area (Å²) in [6, 6.07) is 8.01. The maximum absolute atomic E-state index is 12.0. The number of aromatic nitrogens is 1. The predicted octanol–water partition coefficient (Wildman–Crippen LogP) is 4.45. The summed E-state index contributed by atoms with van der Waals surface area (Å²) >= 11 is 17.5. The lowest BCUT2D eigenvalue weighted by molar-refractivity contribution is -0.122. The van der Waals surface area contributed by atoms with Crippen LogP contribution in [0.1, 0.15) is 6.92 Å². The van der Waals surface area contributed by atoms with E-state index < -0.39 is 6.10 Å². The fraction of sp³-hybridized carbons (Fsp3) is 0.143. The maximum atomic E-state index is 12.0. The Bertz CT molecular complexity index is 647. The minimum Gasteiger partial charge on any atom is -0.479 e. The second-order valence-corrected chi connectivity index (χ2v) is 5.47. The van der Waals surface area contributed by atoms with Crippen molar-refractivity contribution in [1.82, 2.24) is 4.98 Å². The number of nitrogens with one attached hydrogen (secondary N) is 1. The first-order valence-corrected chi connectivity index (χ1v) is 7.13. The third kappa shape index (κ3) is 4.49. The molecule has 4 nitrogen and oxygen atoms in total. The van der Waals surface area contributed by atoms with Crippen molar-refractivity contribution in [3.05, 3.63) is 51.6 Å². The molecular formula is C14H11Cl3N2O2.